The number of carbonyl (C=O) groups excluding carboxylic acids is 1. The first-order valence-electron chi connectivity index (χ1n) is 5.49. The van der Waals surface area contributed by atoms with Crippen LogP contribution in [0.5, 0.6) is 0 Å². The summed E-state index contributed by atoms with van der Waals surface area (Å²) in [6.45, 7) is 5.91. The van der Waals surface area contributed by atoms with E-state index in [1.807, 2.05) is 43.7 Å². The van der Waals surface area contributed by atoms with Crippen molar-refractivity contribution < 1.29 is 9.48 Å². The van der Waals surface area contributed by atoms with Gasteiger partial charge in [0.05, 0.1) is 6.42 Å². The average molecular weight is 217 g/mol. The Morgan fingerprint density at radius 2 is 1.94 bits per heavy atom. The number of benzene rings is 1. The highest BCUT2D eigenvalue weighted by Gasteiger charge is 2.53. The van der Waals surface area contributed by atoms with E-state index in [0.29, 0.717) is 0 Å². The predicted octanol–water partition coefficient (Wildman–Crippen LogP) is 1.53. The molecule has 1 heterocycles. The number of carbonyl (C=O) groups is 1. The largest absolute Gasteiger partial charge is 0.347 e. The average Bonchev–Trinajstić information content (AvgIpc) is 2.27. The minimum Gasteiger partial charge on any atom is -0.261 e. The van der Waals surface area contributed by atoms with Gasteiger partial charge in [-0.1, -0.05) is 30.3 Å². The molecule has 2 rings (SSSR count). The second kappa shape index (κ2) is 3.74. The van der Waals surface area contributed by atoms with E-state index >= 15 is 0 Å². The van der Waals surface area contributed by atoms with Crippen molar-refractivity contribution in [2.75, 3.05) is 0 Å². The van der Waals surface area contributed by atoms with Gasteiger partial charge in [0.15, 0.2) is 5.71 Å². The molecule has 1 fully saturated rings. The zero-order chi connectivity index (χ0) is 11.8. The third kappa shape index (κ3) is 1.73. The van der Waals surface area contributed by atoms with Crippen molar-refractivity contribution in [3.05, 3.63) is 35.9 Å². The zero-order valence-corrected chi connectivity index (χ0v) is 9.95. The van der Waals surface area contributed by atoms with Crippen LogP contribution in [0.4, 0.5) is 0 Å². The first kappa shape index (κ1) is 10.9. The summed E-state index contributed by atoms with van der Waals surface area (Å²) in [5.41, 5.74) is 4.83. The number of amides is 1. The van der Waals surface area contributed by atoms with E-state index in [1.54, 1.807) is 0 Å². The van der Waals surface area contributed by atoms with Crippen molar-refractivity contribution in [2.24, 2.45) is 0 Å². The Hall–Kier alpha value is -1.64. The normalized spacial score (nSPS) is 21.1. The molecular weight excluding hydrogens is 200 g/mol. The lowest BCUT2D eigenvalue weighted by atomic mass is 9.99. The number of hydrazine groups is 1. The van der Waals surface area contributed by atoms with Crippen molar-refractivity contribution >= 4 is 11.6 Å². The van der Waals surface area contributed by atoms with Crippen LogP contribution in [0.25, 0.3) is 0 Å². The molecule has 16 heavy (non-hydrogen) atoms. The molecule has 0 saturated carbocycles. The topological polar surface area (TPSA) is 32.1 Å². The lowest BCUT2D eigenvalue weighted by Gasteiger charge is -2.30. The summed E-state index contributed by atoms with van der Waals surface area (Å²) in [6, 6.07) is 10.3. The second-order valence-corrected chi connectivity index (χ2v) is 4.73. The Morgan fingerprint density at radius 1 is 1.31 bits per heavy atom. The van der Waals surface area contributed by atoms with Crippen LogP contribution < -0.4 is 5.43 Å². The second-order valence-electron chi connectivity index (χ2n) is 4.73. The minimum absolute atomic E-state index is 0.0833. The van der Waals surface area contributed by atoms with E-state index in [4.69, 9.17) is 0 Å². The predicted molar refractivity (Wildman–Crippen MR) is 63.3 cm³/mol. The smallest absolute Gasteiger partial charge is 0.261 e. The number of rotatable bonds is 2. The van der Waals surface area contributed by atoms with Crippen molar-refractivity contribution in [1.82, 2.24) is 5.43 Å². The SMILES string of the molecule is C/C(Cc1ccccc1)=[N+]1/NC(=O)C1(C)C. The van der Waals surface area contributed by atoms with Crippen molar-refractivity contribution in [3.63, 3.8) is 0 Å². The maximum Gasteiger partial charge on any atom is 0.347 e. The molecule has 1 aliphatic rings. The van der Waals surface area contributed by atoms with Crippen molar-refractivity contribution in [2.45, 2.75) is 32.7 Å². The molecule has 0 spiro atoms. The molecule has 1 amide bonds. The highest BCUT2D eigenvalue weighted by molar-refractivity contribution is 5.90. The lowest BCUT2D eigenvalue weighted by Crippen LogP contribution is -2.69. The molecule has 1 aromatic rings. The van der Waals surface area contributed by atoms with E-state index < -0.39 is 5.54 Å². The Balaban J connectivity index is 2.18. The van der Waals surface area contributed by atoms with Crippen molar-refractivity contribution in [3.8, 4) is 0 Å². The molecular formula is C13H17N2O+. The van der Waals surface area contributed by atoms with Crippen LogP contribution in [-0.2, 0) is 11.2 Å². The van der Waals surface area contributed by atoms with Crippen LogP contribution in [0.2, 0.25) is 0 Å². The molecule has 1 aromatic carbocycles. The van der Waals surface area contributed by atoms with Gasteiger partial charge >= 0.3 is 5.91 Å². The fourth-order valence-electron chi connectivity index (χ4n) is 1.97. The molecule has 0 atom stereocenters. The van der Waals surface area contributed by atoms with Gasteiger partial charge in [0, 0.05) is 20.8 Å². The fourth-order valence-corrected chi connectivity index (χ4v) is 1.97. The summed E-state index contributed by atoms with van der Waals surface area (Å²) in [7, 11) is 0. The van der Waals surface area contributed by atoms with Gasteiger partial charge in [-0.25, -0.2) is 0 Å². The summed E-state index contributed by atoms with van der Waals surface area (Å²) in [6.07, 6.45) is 0.866. The fraction of sp³-hybridized carbons (Fsp3) is 0.385. The molecule has 1 aliphatic heterocycles. The van der Waals surface area contributed by atoms with E-state index in [2.05, 4.69) is 17.6 Å². The quantitative estimate of drug-likeness (QED) is 0.748. The van der Waals surface area contributed by atoms with Gasteiger partial charge in [-0.3, -0.25) is 4.79 Å². The molecule has 0 aromatic heterocycles. The van der Waals surface area contributed by atoms with Gasteiger partial charge in [0.1, 0.15) is 0 Å². The summed E-state index contributed by atoms with van der Waals surface area (Å²) < 4.78 is 1.95. The molecule has 0 unspecified atom stereocenters. The summed E-state index contributed by atoms with van der Waals surface area (Å²) in [4.78, 5) is 11.4. The zero-order valence-electron chi connectivity index (χ0n) is 9.95. The van der Waals surface area contributed by atoms with Gasteiger partial charge in [-0.2, -0.15) is 0 Å². The molecule has 3 heteroatoms. The lowest BCUT2D eigenvalue weighted by molar-refractivity contribution is -0.671. The Kier molecular flexibility index (Phi) is 2.54. The van der Waals surface area contributed by atoms with Gasteiger partial charge in [-0.05, 0) is 5.56 Å². The summed E-state index contributed by atoms with van der Waals surface area (Å²) in [5.74, 6) is 0.0833. The molecule has 3 nitrogen and oxygen atoms in total. The number of hydrogen-bond acceptors (Lipinski definition) is 1. The van der Waals surface area contributed by atoms with Crippen LogP contribution in [0.15, 0.2) is 30.3 Å². The number of nitrogens with zero attached hydrogens (tertiary/aromatic N) is 1. The van der Waals surface area contributed by atoms with E-state index in [9.17, 15) is 4.79 Å². The van der Waals surface area contributed by atoms with Gasteiger partial charge in [0.2, 0.25) is 0 Å². The highest BCUT2D eigenvalue weighted by Crippen LogP contribution is 2.17. The van der Waals surface area contributed by atoms with E-state index in [0.717, 1.165) is 12.1 Å². The molecule has 1 N–H and O–H groups in total. The maximum absolute atomic E-state index is 11.4. The van der Waals surface area contributed by atoms with E-state index in [-0.39, 0.29) is 5.91 Å². The number of hydrazone groups is 1. The van der Waals surface area contributed by atoms with Crippen LogP contribution in [0.3, 0.4) is 0 Å². The highest BCUT2D eigenvalue weighted by atomic mass is 16.2. The summed E-state index contributed by atoms with van der Waals surface area (Å²) in [5, 5.41) is 0. The monoisotopic (exact) mass is 217 g/mol. The summed E-state index contributed by atoms with van der Waals surface area (Å²) >= 11 is 0. The first-order valence-corrected chi connectivity index (χ1v) is 5.49. The number of hydrogen-bond donors (Lipinski definition) is 1. The Morgan fingerprint density at radius 3 is 2.44 bits per heavy atom. The van der Waals surface area contributed by atoms with Gasteiger partial charge in [0.25, 0.3) is 5.54 Å². The van der Waals surface area contributed by atoms with Crippen LogP contribution in [0.1, 0.15) is 26.3 Å². The molecule has 1 saturated heterocycles. The maximum atomic E-state index is 11.4. The minimum atomic E-state index is -0.404. The van der Waals surface area contributed by atoms with Crippen LogP contribution in [0, 0.1) is 0 Å². The Bertz CT molecular complexity index is 446. The molecule has 0 aliphatic carbocycles. The van der Waals surface area contributed by atoms with E-state index in [1.165, 1.54) is 5.56 Å². The standard InChI is InChI=1S/C13H16N2O/c1-10(9-11-7-5-4-6-8-11)15-13(2,3)12(16)14-15/h4-8H,9H2,1-3H3/p+1/b15-10-. The Labute approximate surface area is 95.8 Å². The van der Waals surface area contributed by atoms with Crippen molar-refractivity contribution in [1.29, 1.82) is 0 Å². The molecule has 0 radical (unpaired) electrons. The third-order valence-corrected chi connectivity index (χ3v) is 3.01. The first-order chi connectivity index (χ1) is 7.51. The molecule has 84 valence electrons. The molecule has 0 bridgehead atoms. The van der Waals surface area contributed by atoms with Crippen LogP contribution in [-0.4, -0.2) is 21.8 Å². The van der Waals surface area contributed by atoms with Gasteiger partial charge in [-0.15, -0.1) is 10.1 Å². The number of nitrogens with one attached hydrogen (secondary N) is 1. The van der Waals surface area contributed by atoms with Gasteiger partial charge < -0.3 is 0 Å². The third-order valence-electron chi connectivity index (χ3n) is 3.01. The van der Waals surface area contributed by atoms with Crippen LogP contribution >= 0.6 is 0 Å².